The number of anilines is 1. The van der Waals surface area contributed by atoms with Crippen LogP contribution in [0.5, 0.6) is 0 Å². The average Bonchev–Trinajstić information content (AvgIpc) is 2.75. The van der Waals surface area contributed by atoms with E-state index in [1.807, 2.05) is 24.3 Å². The number of amides is 1. The fourth-order valence-electron chi connectivity index (χ4n) is 2.06. The second kappa shape index (κ2) is 5.05. The Hall–Kier alpha value is -1.81. The van der Waals surface area contributed by atoms with Gasteiger partial charge in [0, 0.05) is 18.2 Å². The quantitative estimate of drug-likeness (QED) is 0.934. The summed E-state index contributed by atoms with van der Waals surface area (Å²) < 4.78 is 1.67. The Balaban J connectivity index is 1.76. The first kappa shape index (κ1) is 12.2. The monoisotopic (exact) mass is 275 g/mol. The molecule has 1 aromatic carbocycles. The third-order valence-corrected chi connectivity index (χ3v) is 3.74. The van der Waals surface area contributed by atoms with Crippen molar-refractivity contribution < 1.29 is 4.79 Å². The third kappa shape index (κ3) is 2.49. The minimum absolute atomic E-state index is 0.0654. The molecule has 0 saturated heterocycles. The molecule has 0 radical (unpaired) electrons. The van der Waals surface area contributed by atoms with Crippen LogP contribution in [0.1, 0.15) is 19.3 Å². The molecule has 1 saturated carbocycles. The van der Waals surface area contributed by atoms with Crippen molar-refractivity contribution >= 4 is 23.3 Å². The summed E-state index contributed by atoms with van der Waals surface area (Å²) in [6, 6.07) is 9.24. The molecule has 1 aliphatic carbocycles. The normalized spacial score (nSPS) is 15.0. The molecule has 5 heteroatoms. The van der Waals surface area contributed by atoms with Crippen molar-refractivity contribution in [1.29, 1.82) is 0 Å². The number of aromatic nitrogens is 2. The molecule has 0 unspecified atom stereocenters. The van der Waals surface area contributed by atoms with Crippen molar-refractivity contribution in [2.75, 3.05) is 5.32 Å². The lowest BCUT2D eigenvalue weighted by Gasteiger charge is -2.23. The van der Waals surface area contributed by atoms with Crippen LogP contribution < -0.4 is 5.32 Å². The molecule has 3 rings (SSSR count). The van der Waals surface area contributed by atoms with Crippen LogP contribution in [-0.2, 0) is 4.79 Å². The SMILES string of the molecule is O=C(Nc1ccn(-c2ccccc2Cl)n1)C1CCC1. The lowest BCUT2D eigenvalue weighted by Crippen LogP contribution is -2.28. The first-order valence-electron chi connectivity index (χ1n) is 6.35. The molecule has 1 aromatic heterocycles. The average molecular weight is 276 g/mol. The molecule has 1 N–H and O–H groups in total. The van der Waals surface area contributed by atoms with Gasteiger partial charge in [-0.3, -0.25) is 4.79 Å². The number of para-hydroxylation sites is 1. The van der Waals surface area contributed by atoms with Gasteiger partial charge in [-0.25, -0.2) is 4.68 Å². The molecular weight excluding hydrogens is 262 g/mol. The van der Waals surface area contributed by atoms with Gasteiger partial charge < -0.3 is 5.32 Å². The van der Waals surface area contributed by atoms with Crippen LogP contribution in [0.15, 0.2) is 36.5 Å². The summed E-state index contributed by atoms with van der Waals surface area (Å²) in [4.78, 5) is 11.8. The lowest BCUT2D eigenvalue weighted by atomic mass is 9.85. The van der Waals surface area contributed by atoms with Gasteiger partial charge in [-0.1, -0.05) is 30.2 Å². The third-order valence-electron chi connectivity index (χ3n) is 3.42. The van der Waals surface area contributed by atoms with Crippen molar-refractivity contribution in [1.82, 2.24) is 9.78 Å². The minimum atomic E-state index is 0.0654. The van der Waals surface area contributed by atoms with E-state index in [1.54, 1.807) is 16.9 Å². The number of halogens is 1. The molecule has 1 aliphatic rings. The maximum Gasteiger partial charge on any atom is 0.228 e. The molecule has 98 valence electrons. The Morgan fingerprint density at radius 1 is 1.32 bits per heavy atom. The van der Waals surface area contributed by atoms with Gasteiger partial charge in [0.2, 0.25) is 5.91 Å². The molecular formula is C14H14ClN3O. The smallest absolute Gasteiger partial charge is 0.228 e. The van der Waals surface area contributed by atoms with Crippen LogP contribution >= 0.6 is 11.6 Å². The molecule has 19 heavy (non-hydrogen) atoms. The number of hydrogen-bond acceptors (Lipinski definition) is 2. The Bertz CT molecular complexity index is 604. The van der Waals surface area contributed by atoms with E-state index < -0.39 is 0 Å². The molecule has 0 spiro atoms. The van der Waals surface area contributed by atoms with Crippen LogP contribution in [0, 0.1) is 5.92 Å². The molecule has 1 heterocycles. The topological polar surface area (TPSA) is 46.9 Å². The fraction of sp³-hybridized carbons (Fsp3) is 0.286. The van der Waals surface area contributed by atoms with Gasteiger partial charge in [0.25, 0.3) is 0 Å². The summed E-state index contributed by atoms with van der Waals surface area (Å²) in [6.07, 6.45) is 4.90. The van der Waals surface area contributed by atoms with E-state index in [4.69, 9.17) is 11.6 Å². The number of benzene rings is 1. The van der Waals surface area contributed by atoms with E-state index in [9.17, 15) is 4.79 Å². The van der Waals surface area contributed by atoms with Crippen molar-refractivity contribution in [2.45, 2.75) is 19.3 Å². The Kier molecular flexibility index (Phi) is 3.25. The van der Waals surface area contributed by atoms with Gasteiger partial charge in [-0.15, -0.1) is 0 Å². The first-order chi connectivity index (χ1) is 9.24. The van der Waals surface area contributed by atoms with Gasteiger partial charge in [0.05, 0.1) is 10.7 Å². The summed E-state index contributed by atoms with van der Waals surface area (Å²) >= 11 is 6.11. The Labute approximate surface area is 116 Å². The van der Waals surface area contributed by atoms with E-state index in [1.165, 1.54) is 0 Å². The van der Waals surface area contributed by atoms with E-state index in [-0.39, 0.29) is 11.8 Å². The lowest BCUT2D eigenvalue weighted by molar-refractivity contribution is -0.122. The zero-order valence-electron chi connectivity index (χ0n) is 10.3. The van der Waals surface area contributed by atoms with E-state index in [2.05, 4.69) is 10.4 Å². The highest BCUT2D eigenvalue weighted by molar-refractivity contribution is 6.32. The van der Waals surface area contributed by atoms with Crippen LogP contribution in [0.4, 0.5) is 5.82 Å². The second-order valence-electron chi connectivity index (χ2n) is 4.71. The summed E-state index contributed by atoms with van der Waals surface area (Å²) in [7, 11) is 0. The highest BCUT2D eigenvalue weighted by Gasteiger charge is 2.25. The minimum Gasteiger partial charge on any atom is -0.309 e. The van der Waals surface area contributed by atoms with E-state index in [0.717, 1.165) is 24.9 Å². The van der Waals surface area contributed by atoms with Crippen molar-refractivity contribution in [3.63, 3.8) is 0 Å². The molecule has 1 fully saturated rings. The number of rotatable bonds is 3. The van der Waals surface area contributed by atoms with Crippen molar-refractivity contribution in [2.24, 2.45) is 5.92 Å². The number of hydrogen-bond donors (Lipinski definition) is 1. The maximum absolute atomic E-state index is 11.8. The largest absolute Gasteiger partial charge is 0.309 e. The molecule has 0 aliphatic heterocycles. The first-order valence-corrected chi connectivity index (χ1v) is 6.73. The van der Waals surface area contributed by atoms with Gasteiger partial charge in [0.15, 0.2) is 5.82 Å². The molecule has 2 aromatic rings. The standard InChI is InChI=1S/C14H14ClN3O/c15-11-6-1-2-7-12(11)18-9-8-13(17-18)16-14(19)10-4-3-5-10/h1-2,6-10H,3-5H2,(H,16,17,19). The summed E-state index contributed by atoms with van der Waals surface area (Å²) in [5.41, 5.74) is 0.799. The summed E-state index contributed by atoms with van der Waals surface area (Å²) in [5, 5.41) is 7.79. The van der Waals surface area contributed by atoms with Crippen LogP contribution in [0.2, 0.25) is 5.02 Å². The maximum atomic E-state index is 11.8. The predicted molar refractivity (Wildman–Crippen MR) is 74.5 cm³/mol. The highest BCUT2D eigenvalue weighted by atomic mass is 35.5. The van der Waals surface area contributed by atoms with Crippen molar-refractivity contribution in [3.8, 4) is 5.69 Å². The number of nitrogens with one attached hydrogen (secondary N) is 1. The second-order valence-corrected chi connectivity index (χ2v) is 5.12. The summed E-state index contributed by atoms with van der Waals surface area (Å²) in [5.74, 6) is 0.790. The zero-order chi connectivity index (χ0) is 13.2. The number of carbonyl (C=O) groups excluding carboxylic acids is 1. The number of nitrogens with zero attached hydrogens (tertiary/aromatic N) is 2. The van der Waals surface area contributed by atoms with E-state index >= 15 is 0 Å². The van der Waals surface area contributed by atoms with E-state index in [0.29, 0.717) is 10.8 Å². The Morgan fingerprint density at radius 3 is 2.79 bits per heavy atom. The number of carbonyl (C=O) groups is 1. The fourth-order valence-corrected chi connectivity index (χ4v) is 2.28. The molecule has 0 atom stereocenters. The van der Waals surface area contributed by atoms with Gasteiger partial charge >= 0.3 is 0 Å². The summed E-state index contributed by atoms with van der Waals surface area (Å²) in [6.45, 7) is 0. The van der Waals surface area contributed by atoms with Gasteiger partial charge in [-0.05, 0) is 25.0 Å². The molecule has 0 bridgehead atoms. The van der Waals surface area contributed by atoms with Crippen LogP contribution in [0.25, 0.3) is 5.69 Å². The highest BCUT2D eigenvalue weighted by Crippen LogP contribution is 2.27. The predicted octanol–water partition coefficient (Wildman–Crippen LogP) is 3.26. The van der Waals surface area contributed by atoms with Crippen molar-refractivity contribution in [3.05, 3.63) is 41.6 Å². The Morgan fingerprint density at radius 2 is 2.11 bits per heavy atom. The molecule has 4 nitrogen and oxygen atoms in total. The zero-order valence-corrected chi connectivity index (χ0v) is 11.1. The molecule has 1 amide bonds. The van der Waals surface area contributed by atoms with Crippen LogP contribution in [0.3, 0.4) is 0 Å². The van der Waals surface area contributed by atoms with Crippen LogP contribution in [-0.4, -0.2) is 15.7 Å². The van der Waals surface area contributed by atoms with Gasteiger partial charge in [-0.2, -0.15) is 5.10 Å². The van der Waals surface area contributed by atoms with Gasteiger partial charge in [0.1, 0.15) is 0 Å².